The molecule has 0 fully saturated rings. The van der Waals surface area contributed by atoms with Gasteiger partial charge in [-0.05, 0) is 22.5 Å². The SMILES string of the molecule is CC(C)(C)c1cccc(O)c1C(C)(C)C.O=C(O)O.O=C(O)O. The average Bonchev–Trinajstić information content (AvgIpc) is 2.23. The number of rotatable bonds is 0. The molecule has 132 valence electrons. The molecule has 0 aliphatic rings. The lowest BCUT2D eigenvalue weighted by Crippen LogP contribution is -2.21. The molecule has 0 unspecified atom stereocenters. The van der Waals surface area contributed by atoms with Gasteiger partial charge in [0.1, 0.15) is 5.75 Å². The van der Waals surface area contributed by atoms with Crippen molar-refractivity contribution in [3.8, 4) is 5.75 Å². The average molecular weight is 330 g/mol. The first-order chi connectivity index (χ1) is 10.1. The zero-order valence-electron chi connectivity index (χ0n) is 14.3. The van der Waals surface area contributed by atoms with E-state index in [-0.39, 0.29) is 10.8 Å². The van der Waals surface area contributed by atoms with Gasteiger partial charge in [0.25, 0.3) is 0 Å². The number of benzene rings is 1. The molecule has 1 aromatic carbocycles. The van der Waals surface area contributed by atoms with Gasteiger partial charge in [0.2, 0.25) is 0 Å². The van der Waals surface area contributed by atoms with Crippen LogP contribution < -0.4 is 0 Å². The van der Waals surface area contributed by atoms with Crippen LogP contribution in [0.1, 0.15) is 52.7 Å². The Balaban J connectivity index is 0. The van der Waals surface area contributed by atoms with Gasteiger partial charge in [-0.1, -0.05) is 53.7 Å². The van der Waals surface area contributed by atoms with Crippen LogP contribution in [0.3, 0.4) is 0 Å². The molecule has 0 saturated heterocycles. The summed E-state index contributed by atoms with van der Waals surface area (Å²) in [6.07, 6.45) is -3.67. The number of aromatic hydroxyl groups is 1. The van der Waals surface area contributed by atoms with Crippen molar-refractivity contribution in [2.75, 3.05) is 0 Å². The van der Waals surface area contributed by atoms with Crippen molar-refractivity contribution < 1.29 is 35.1 Å². The monoisotopic (exact) mass is 330 g/mol. The summed E-state index contributed by atoms with van der Waals surface area (Å²) >= 11 is 0. The minimum absolute atomic E-state index is 0.0199. The Bertz CT molecular complexity index is 502. The molecule has 0 amide bonds. The fraction of sp³-hybridized carbons (Fsp3) is 0.500. The molecule has 0 bridgehead atoms. The van der Waals surface area contributed by atoms with Crippen LogP contribution in [0.15, 0.2) is 18.2 Å². The van der Waals surface area contributed by atoms with Crippen molar-refractivity contribution >= 4 is 12.3 Å². The Labute approximate surface area is 135 Å². The van der Waals surface area contributed by atoms with E-state index in [4.69, 9.17) is 30.0 Å². The van der Waals surface area contributed by atoms with Crippen LogP contribution >= 0.6 is 0 Å². The first-order valence-electron chi connectivity index (χ1n) is 6.77. The molecule has 0 heterocycles. The maximum absolute atomic E-state index is 9.99. The molecule has 23 heavy (non-hydrogen) atoms. The fourth-order valence-corrected chi connectivity index (χ4v) is 1.95. The van der Waals surface area contributed by atoms with E-state index in [1.54, 1.807) is 6.07 Å². The van der Waals surface area contributed by atoms with Gasteiger partial charge in [0.15, 0.2) is 0 Å². The topological polar surface area (TPSA) is 135 Å². The summed E-state index contributed by atoms with van der Waals surface area (Å²) in [5, 5.41) is 37.9. The van der Waals surface area contributed by atoms with Crippen LogP contribution in [-0.4, -0.2) is 37.8 Å². The van der Waals surface area contributed by atoms with Crippen LogP contribution in [0, 0.1) is 0 Å². The zero-order chi connectivity index (χ0) is 19.0. The van der Waals surface area contributed by atoms with Gasteiger partial charge in [-0.3, -0.25) is 0 Å². The second-order valence-corrected chi connectivity index (χ2v) is 6.76. The van der Waals surface area contributed by atoms with Gasteiger partial charge < -0.3 is 25.5 Å². The molecule has 0 atom stereocenters. The Morgan fingerprint density at radius 1 is 0.783 bits per heavy atom. The van der Waals surface area contributed by atoms with Crippen LogP contribution in [0.2, 0.25) is 0 Å². The van der Waals surface area contributed by atoms with Crippen molar-refractivity contribution in [3.63, 3.8) is 0 Å². The highest BCUT2D eigenvalue weighted by atomic mass is 16.6. The van der Waals surface area contributed by atoms with E-state index >= 15 is 0 Å². The molecule has 0 aliphatic carbocycles. The quantitative estimate of drug-likeness (QED) is 0.474. The molecule has 1 rings (SSSR count). The van der Waals surface area contributed by atoms with E-state index in [0.717, 1.165) is 5.56 Å². The fourth-order valence-electron chi connectivity index (χ4n) is 1.95. The van der Waals surface area contributed by atoms with Crippen molar-refractivity contribution in [2.24, 2.45) is 0 Å². The third-order valence-electron chi connectivity index (χ3n) is 2.60. The van der Waals surface area contributed by atoms with Crippen LogP contribution in [0.5, 0.6) is 5.75 Å². The summed E-state index contributed by atoms with van der Waals surface area (Å²) in [4.78, 5) is 17.1. The summed E-state index contributed by atoms with van der Waals surface area (Å²) in [7, 11) is 0. The third-order valence-corrected chi connectivity index (χ3v) is 2.60. The smallest absolute Gasteiger partial charge is 0.503 e. The summed E-state index contributed by atoms with van der Waals surface area (Å²) in [5.41, 5.74) is 2.35. The predicted molar refractivity (Wildman–Crippen MR) is 86.8 cm³/mol. The Morgan fingerprint density at radius 3 is 1.35 bits per heavy atom. The molecule has 0 spiro atoms. The van der Waals surface area contributed by atoms with Crippen molar-refractivity contribution in [2.45, 2.75) is 52.4 Å². The largest absolute Gasteiger partial charge is 0.508 e. The van der Waals surface area contributed by atoms with Gasteiger partial charge in [-0.25, -0.2) is 9.59 Å². The number of phenolic OH excluding ortho intramolecular Hbond substituents is 1. The van der Waals surface area contributed by atoms with Crippen molar-refractivity contribution in [1.82, 2.24) is 0 Å². The Hall–Kier alpha value is -2.44. The summed E-state index contributed by atoms with van der Waals surface area (Å²) < 4.78 is 0. The van der Waals surface area contributed by atoms with Gasteiger partial charge in [-0.15, -0.1) is 0 Å². The van der Waals surface area contributed by atoms with Crippen LogP contribution in [0.25, 0.3) is 0 Å². The molecule has 0 aromatic heterocycles. The van der Waals surface area contributed by atoms with E-state index in [2.05, 4.69) is 47.6 Å². The summed E-state index contributed by atoms with van der Waals surface area (Å²) in [6.45, 7) is 12.9. The molecule has 0 radical (unpaired) electrons. The van der Waals surface area contributed by atoms with Gasteiger partial charge in [0, 0.05) is 5.56 Å². The molecule has 0 saturated carbocycles. The minimum Gasteiger partial charge on any atom is -0.508 e. The highest BCUT2D eigenvalue weighted by Gasteiger charge is 2.27. The Kier molecular flexibility index (Phi) is 8.81. The molecule has 7 heteroatoms. The first-order valence-corrected chi connectivity index (χ1v) is 6.77. The maximum Gasteiger partial charge on any atom is 0.503 e. The van der Waals surface area contributed by atoms with E-state index in [0.29, 0.717) is 5.75 Å². The van der Waals surface area contributed by atoms with Crippen molar-refractivity contribution in [1.29, 1.82) is 0 Å². The molecule has 1 aromatic rings. The highest BCUT2D eigenvalue weighted by Crippen LogP contribution is 2.38. The Morgan fingerprint density at radius 2 is 1.13 bits per heavy atom. The summed E-state index contributed by atoms with van der Waals surface area (Å²) in [6, 6.07) is 5.81. The maximum atomic E-state index is 9.99. The number of carbonyl (C=O) groups is 2. The molecule has 5 N–H and O–H groups in total. The van der Waals surface area contributed by atoms with E-state index in [1.165, 1.54) is 5.56 Å². The lowest BCUT2D eigenvalue weighted by Gasteiger charge is -2.30. The second kappa shape index (κ2) is 8.87. The standard InChI is InChI=1S/C14H22O.2CH2O3/c1-13(2,3)10-8-7-9-11(15)12(10)14(4,5)6;2*2-1(3)4/h7-9,15H,1-6H3;2*(H2,2,3,4). The van der Waals surface area contributed by atoms with E-state index < -0.39 is 12.3 Å². The number of carboxylic acid groups (broad SMARTS) is 4. The van der Waals surface area contributed by atoms with Gasteiger partial charge in [-0.2, -0.15) is 0 Å². The predicted octanol–water partition coefficient (Wildman–Crippen LogP) is 4.43. The van der Waals surface area contributed by atoms with Gasteiger partial charge >= 0.3 is 12.3 Å². The number of hydrogen-bond donors (Lipinski definition) is 5. The lowest BCUT2D eigenvalue weighted by atomic mass is 9.75. The second-order valence-electron chi connectivity index (χ2n) is 6.76. The molecule has 0 aliphatic heterocycles. The molecular weight excluding hydrogens is 304 g/mol. The normalized spacial score (nSPS) is 10.5. The lowest BCUT2D eigenvalue weighted by molar-refractivity contribution is 0.135. The van der Waals surface area contributed by atoms with Crippen molar-refractivity contribution in [3.05, 3.63) is 29.3 Å². The minimum atomic E-state index is -1.83. The summed E-state index contributed by atoms with van der Waals surface area (Å²) in [5.74, 6) is 0.412. The van der Waals surface area contributed by atoms with Crippen LogP contribution in [-0.2, 0) is 10.8 Å². The first kappa shape index (κ1) is 22.8. The molecule has 7 nitrogen and oxygen atoms in total. The van der Waals surface area contributed by atoms with E-state index in [9.17, 15) is 5.11 Å². The van der Waals surface area contributed by atoms with Gasteiger partial charge in [0.05, 0.1) is 0 Å². The number of phenols is 1. The zero-order valence-corrected chi connectivity index (χ0v) is 14.3. The van der Waals surface area contributed by atoms with Crippen LogP contribution in [0.4, 0.5) is 9.59 Å². The third kappa shape index (κ3) is 10.9. The number of hydrogen-bond acceptors (Lipinski definition) is 3. The highest BCUT2D eigenvalue weighted by molar-refractivity contribution is 5.53. The van der Waals surface area contributed by atoms with E-state index in [1.807, 2.05) is 6.07 Å². The molecular formula is C16H26O7.